The van der Waals surface area contributed by atoms with Gasteiger partial charge in [0.15, 0.2) is 0 Å². The van der Waals surface area contributed by atoms with E-state index in [1.54, 1.807) is 11.3 Å². The van der Waals surface area contributed by atoms with Crippen molar-refractivity contribution in [3.63, 3.8) is 0 Å². The van der Waals surface area contributed by atoms with Crippen LogP contribution in [-0.4, -0.2) is 6.04 Å². The van der Waals surface area contributed by atoms with Crippen molar-refractivity contribution in [1.29, 1.82) is 0 Å². The molecule has 1 aromatic heterocycles. The van der Waals surface area contributed by atoms with Crippen molar-refractivity contribution < 1.29 is 0 Å². The third kappa shape index (κ3) is 2.94. The monoisotopic (exact) mass is 292 g/mol. The number of benzene rings is 1. The summed E-state index contributed by atoms with van der Waals surface area (Å²) in [5, 5.41) is 5.12. The molecule has 1 saturated carbocycles. The van der Waals surface area contributed by atoms with Gasteiger partial charge in [0.1, 0.15) is 0 Å². The number of hydrogen-bond acceptors (Lipinski definition) is 3. The average molecular weight is 293 g/mol. The van der Waals surface area contributed by atoms with Crippen LogP contribution in [0, 0.1) is 0 Å². The summed E-state index contributed by atoms with van der Waals surface area (Å²) in [5.74, 6) is 0. The molecule has 1 aromatic carbocycles. The Hall–Kier alpha value is -1.03. The molecule has 0 aliphatic heterocycles. The second kappa shape index (κ2) is 5.53. The summed E-state index contributed by atoms with van der Waals surface area (Å²) in [6.45, 7) is 1.50. The third-order valence-corrected chi connectivity index (χ3v) is 4.46. The highest BCUT2D eigenvalue weighted by Gasteiger charge is 2.30. The van der Waals surface area contributed by atoms with Gasteiger partial charge in [-0.15, -0.1) is 0 Å². The van der Waals surface area contributed by atoms with Crippen LogP contribution in [0.3, 0.4) is 0 Å². The molecule has 0 atom stereocenters. The maximum Gasteiger partial charge on any atom is 0.0440 e. The van der Waals surface area contributed by atoms with E-state index in [-0.39, 0.29) is 0 Å². The van der Waals surface area contributed by atoms with Crippen LogP contribution in [0.4, 0.5) is 5.69 Å². The predicted octanol–water partition coefficient (Wildman–Crippen LogP) is 4.03. The van der Waals surface area contributed by atoms with Gasteiger partial charge in [0, 0.05) is 29.8 Å². The maximum absolute atomic E-state index is 6.16. The van der Waals surface area contributed by atoms with Gasteiger partial charge in [-0.3, -0.25) is 0 Å². The first-order valence-corrected chi connectivity index (χ1v) is 7.86. The number of nitrogens with two attached hydrogens (primary N) is 1. The Labute approximate surface area is 122 Å². The Morgan fingerprint density at radius 3 is 2.79 bits per heavy atom. The van der Waals surface area contributed by atoms with Gasteiger partial charge in [0.25, 0.3) is 0 Å². The summed E-state index contributed by atoms with van der Waals surface area (Å²) < 4.78 is 0. The van der Waals surface area contributed by atoms with Crippen molar-refractivity contribution in [2.24, 2.45) is 5.73 Å². The lowest BCUT2D eigenvalue weighted by Crippen LogP contribution is -2.26. The Bertz CT molecular complexity index is 549. The molecule has 0 unspecified atom stereocenters. The fourth-order valence-corrected chi connectivity index (χ4v) is 3.18. The van der Waals surface area contributed by atoms with Crippen molar-refractivity contribution in [1.82, 2.24) is 0 Å². The highest BCUT2D eigenvalue weighted by atomic mass is 35.5. The van der Waals surface area contributed by atoms with Gasteiger partial charge in [0.2, 0.25) is 0 Å². The van der Waals surface area contributed by atoms with E-state index in [1.807, 2.05) is 12.1 Å². The minimum absolute atomic E-state index is 0.555. The van der Waals surface area contributed by atoms with Crippen LogP contribution < -0.4 is 10.6 Å². The minimum atomic E-state index is 0.555. The van der Waals surface area contributed by atoms with Crippen LogP contribution >= 0.6 is 22.9 Å². The Morgan fingerprint density at radius 1 is 1.32 bits per heavy atom. The third-order valence-electron chi connectivity index (χ3n) is 3.50. The molecule has 0 saturated heterocycles. The first kappa shape index (κ1) is 13.0. The van der Waals surface area contributed by atoms with Crippen LogP contribution in [0.1, 0.15) is 24.0 Å². The topological polar surface area (TPSA) is 29.3 Å². The molecule has 1 aliphatic carbocycles. The van der Waals surface area contributed by atoms with Crippen molar-refractivity contribution in [2.45, 2.75) is 32.0 Å². The normalized spacial score (nSPS) is 14.6. The van der Waals surface area contributed by atoms with Crippen LogP contribution in [0.15, 0.2) is 35.0 Å². The van der Waals surface area contributed by atoms with E-state index < -0.39 is 0 Å². The summed E-state index contributed by atoms with van der Waals surface area (Å²) in [7, 11) is 0. The lowest BCUT2D eigenvalue weighted by atomic mass is 10.1. The van der Waals surface area contributed by atoms with E-state index in [4.69, 9.17) is 17.3 Å². The van der Waals surface area contributed by atoms with Gasteiger partial charge >= 0.3 is 0 Å². The highest BCUT2D eigenvalue weighted by Crippen LogP contribution is 2.36. The standard InChI is InChI=1S/C15H17ClN2S/c16-13-2-1-12(8-17)15(7-13)18(14-3-4-14)9-11-5-6-19-10-11/h1-2,5-7,10,14H,3-4,8-9,17H2. The predicted molar refractivity (Wildman–Crippen MR) is 82.9 cm³/mol. The summed E-state index contributed by atoms with van der Waals surface area (Å²) in [6.07, 6.45) is 2.53. The average Bonchev–Trinajstić information content (AvgIpc) is 3.13. The molecule has 4 heteroatoms. The summed E-state index contributed by atoms with van der Waals surface area (Å²) in [5.41, 5.74) is 9.60. The molecule has 2 N–H and O–H groups in total. The zero-order valence-electron chi connectivity index (χ0n) is 10.7. The van der Waals surface area contributed by atoms with Gasteiger partial charge in [-0.25, -0.2) is 0 Å². The van der Waals surface area contributed by atoms with Crippen LogP contribution in [0.25, 0.3) is 0 Å². The minimum Gasteiger partial charge on any atom is -0.364 e. The molecule has 0 radical (unpaired) electrons. The number of anilines is 1. The van der Waals surface area contributed by atoms with E-state index in [2.05, 4.69) is 27.8 Å². The van der Waals surface area contributed by atoms with Crippen molar-refractivity contribution in [3.8, 4) is 0 Å². The fourth-order valence-electron chi connectivity index (χ4n) is 2.35. The quantitative estimate of drug-likeness (QED) is 0.901. The zero-order valence-corrected chi connectivity index (χ0v) is 12.3. The molecule has 0 bridgehead atoms. The van der Waals surface area contributed by atoms with Gasteiger partial charge in [-0.05, 0) is 52.9 Å². The Morgan fingerprint density at radius 2 is 2.16 bits per heavy atom. The molecule has 0 spiro atoms. The van der Waals surface area contributed by atoms with Crippen LogP contribution in [0.2, 0.25) is 5.02 Å². The Balaban J connectivity index is 1.93. The lowest BCUT2D eigenvalue weighted by Gasteiger charge is -2.27. The van der Waals surface area contributed by atoms with E-state index in [1.165, 1.54) is 29.7 Å². The first-order chi connectivity index (χ1) is 9.28. The summed E-state index contributed by atoms with van der Waals surface area (Å²) in [4.78, 5) is 2.45. The second-order valence-corrected chi connectivity index (χ2v) is 6.18. The smallest absolute Gasteiger partial charge is 0.0440 e. The van der Waals surface area contributed by atoms with E-state index >= 15 is 0 Å². The molecule has 2 aromatic rings. The molecule has 0 amide bonds. The van der Waals surface area contributed by atoms with E-state index in [0.717, 1.165) is 11.6 Å². The van der Waals surface area contributed by atoms with E-state index in [0.29, 0.717) is 12.6 Å². The molecule has 1 heterocycles. The molecular weight excluding hydrogens is 276 g/mol. The first-order valence-electron chi connectivity index (χ1n) is 6.54. The van der Waals surface area contributed by atoms with Gasteiger partial charge in [-0.2, -0.15) is 11.3 Å². The molecule has 19 heavy (non-hydrogen) atoms. The number of halogens is 1. The highest BCUT2D eigenvalue weighted by molar-refractivity contribution is 7.07. The summed E-state index contributed by atoms with van der Waals surface area (Å²) >= 11 is 7.90. The molecule has 100 valence electrons. The fraction of sp³-hybridized carbons (Fsp3) is 0.333. The van der Waals surface area contributed by atoms with Crippen molar-refractivity contribution in [3.05, 3.63) is 51.2 Å². The second-order valence-electron chi connectivity index (χ2n) is 4.97. The zero-order chi connectivity index (χ0) is 13.2. The maximum atomic E-state index is 6.16. The number of thiophene rings is 1. The van der Waals surface area contributed by atoms with Crippen LogP contribution in [-0.2, 0) is 13.1 Å². The van der Waals surface area contributed by atoms with Crippen molar-refractivity contribution in [2.75, 3.05) is 4.90 Å². The van der Waals surface area contributed by atoms with E-state index in [9.17, 15) is 0 Å². The van der Waals surface area contributed by atoms with Gasteiger partial charge in [-0.1, -0.05) is 17.7 Å². The lowest BCUT2D eigenvalue weighted by molar-refractivity contribution is 0.788. The van der Waals surface area contributed by atoms with Crippen LogP contribution in [0.5, 0.6) is 0 Å². The van der Waals surface area contributed by atoms with Gasteiger partial charge < -0.3 is 10.6 Å². The van der Waals surface area contributed by atoms with Crippen molar-refractivity contribution >= 4 is 28.6 Å². The molecule has 1 fully saturated rings. The number of nitrogens with zero attached hydrogens (tertiary/aromatic N) is 1. The molecular formula is C15H17ClN2S. The Kier molecular flexibility index (Phi) is 3.78. The molecule has 3 rings (SSSR count). The summed E-state index contributed by atoms with van der Waals surface area (Å²) in [6, 6.07) is 8.84. The van der Waals surface area contributed by atoms with Gasteiger partial charge in [0.05, 0.1) is 0 Å². The molecule has 2 nitrogen and oxygen atoms in total. The molecule has 1 aliphatic rings. The number of rotatable bonds is 5. The number of hydrogen-bond donors (Lipinski definition) is 1. The SMILES string of the molecule is NCc1ccc(Cl)cc1N(Cc1ccsc1)C1CC1. The largest absolute Gasteiger partial charge is 0.364 e.